The van der Waals surface area contributed by atoms with Crippen LogP contribution < -0.4 is 11.1 Å². The summed E-state index contributed by atoms with van der Waals surface area (Å²) in [5.41, 5.74) is 7.49. The number of fused-ring (bicyclic) bond motifs is 1. The Morgan fingerprint density at radius 3 is 2.60 bits per heavy atom. The summed E-state index contributed by atoms with van der Waals surface area (Å²) in [5, 5.41) is 2.65. The van der Waals surface area contributed by atoms with Crippen LogP contribution in [0.5, 0.6) is 0 Å². The van der Waals surface area contributed by atoms with E-state index < -0.39 is 5.91 Å². The number of aromatic nitrogens is 2. The van der Waals surface area contributed by atoms with Crippen LogP contribution in [0.15, 0.2) is 48.5 Å². The SMILES string of the molecule is Cn1c(NC(=O)C=Cc2ccc(C(N)=O)cc2)nc2cc(F)ccc21. The maximum Gasteiger partial charge on any atom is 0.250 e. The quantitative estimate of drug-likeness (QED) is 0.716. The number of carbonyl (C=O) groups is 2. The Morgan fingerprint density at radius 2 is 1.92 bits per heavy atom. The highest BCUT2D eigenvalue weighted by Crippen LogP contribution is 2.19. The number of nitrogens with zero attached hydrogens (tertiary/aromatic N) is 2. The van der Waals surface area contributed by atoms with Crippen molar-refractivity contribution >= 4 is 34.9 Å². The zero-order valence-corrected chi connectivity index (χ0v) is 13.4. The van der Waals surface area contributed by atoms with Crippen LogP contribution in [0.2, 0.25) is 0 Å². The van der Waals surface area contributed by atoms with E-state index in [0.717, 1.165) is 5.56 Å². The Kier molecular flexibility index (Phi) is 4.30. The van der Waals surface area contributed by atoms with E-state index in [4.69, 9.17) is 5.73 Å². The molecule has 0 saturated heterocycles. The number of amides is 2. The number of nitrogens with two attached hydrogens (primary N) is 1. The first-order chi connectivity index (χ1) is 11.9. The Balaban J connectivity index is 1.74. The molecule has 25 heavy (non-hydrogen) atoms. The monoisotopic (exact) mass is 338 g/mol. The van der Waals surface area contributed by atoms with Crippen LogP contribution in [0.1, 0.15) is 15.9 Å². The topological polar surface area (TPSA) is 90.0 Å². The van der Waals surface area contributed by atoms with E-state index in [1.807, 2.05) is 0 Å². The third kappa shape index (κ3) is 3.55. The predicted octanol–water partition coefficient (Wildman–Crippen LogP) is 2.46. The molecule has 3 aromatic rings. The highest BCUT2D eigenvalue weighted by atomic mass is 19.1. The number of anilines is 1. The van der Waals surface area contributed by atoms with E-state index in [1.165, 1.54) is 18.2 Å². The second-order valence-electron chi connectivity index (χ2n) is 5.44. The van der Waals surface area contributed by atoms with Gasteiger partial charge in [-0.05, 0) is 35.9 Å². The lowest BCUT2D eigenvalue weighted by molar-refractivity contribution is -0.111. The van der Waals surface area contributed by atoms with Gasteiger partial charge in [-0.1, -0.05) is 12.1 Å². The Labute approximate surface area is 142 Å². The number of aryl methyl sites for hydroxylation is 1. The Bertz CT molecular complexity index is 990. The van der Waals surface area contributed by atoms with E-state index in [1.54, 1.807) is 48.0 Å². The van der Waals surface area contributed by atoms with Crippen molar-refractivity contribution in [1.82, 2.24) is 9.55 Å². The summed E-state index contributed by atoms with van der Waals surface area (Å²) in [7, 11) is 1.73. The van der Waals surface area contributed by atoms with Crippen LogP contribution in [-0.4, -0.2) is 21.4 Å². The molecule has 6 nitrogen and oxygen atoms in total. The van der Waals surface area contributed by atoms with Gasteiger partial charge in [0.25, 0.3) is 5.91 Å². The minimum absolute atomic E-state index is 0.319. The van der Waals surface area contributed by atoms with Gasteiger partial charge < -0.3 is 10.3 Å². The second kappa shape index (κ2) is 6.56. The van der Waals surface area contributed by atoms with E-state index in [-0.39, 0.29) is 11.7 Å². The summed E-state index contributed by atoms with van der Waals surface area (Å²) >= 11 is 0. The summed E-state index contributed by atoms with van der Waals surface area (Å²) in [6, 6.07) is 10.8. The molecule has 0 aliphatic carbocycles. The standard InChI is InChI=1S/C18H15FN4O2/c1-23-15-8-7-13(19)10-14(15)21-18(23)22-16(24)9-4-11-2-5-12(6-3-11)17(20)25/h2-10H,1H3,(H2,20,25)(H,21,22,24). The first kappa shape index (κ1) is 16.4. The minimum atomic E-state index is -0.508. The summed E-state index contributed by atoms with van der Waals surface area (Å²) in [6.07, 6.45) is 2.95. The Hall–Kier alpha value is -3.48. The van der Waals surface area contributed by atoms with Crippen LogP contribution in [0.25, 0.3) is 17.1 Å². The molecular weight excluding hydrogens is 323 g/mol. The molecule has 0 aliphatic heterocycles. The van der Waals surface area contributed by atoms with Crippen molar-refractivity contribution in [3.05, 3.63) is 65.5 Å². The van der Waals surface area contributed by atoms with Gasteiger partial charge in [-0.3, -0.25) is 14.9 Å². The number of carbonyl (C=O) groups excluding carboxylic acids is 2. The molecule has 7 heteroatoms. The van der Waals surface area contributed by atoms with Gasteiger partial charge in [-0.25, -0.2) is 9.37 Å². The smallest absolute Gasteiger partial charge is 0.250 e. The maximum atomic E-state index is 13.3. The molecule has 0 spiro atoms. The summed E-state index contributed by atoms with van der Waals surface area (Å²) < 4.78 is 14.9. The molecule has 0 radical (unpaired) electrons. The number of halogens is 1. The van der Waals surface area contributed by atoms with Gasteiger partial charge in [0.15, 0.2) is 0 Å². The molecule has 2 aromatic carbocycles. The highest BCUT2D eigenvalue weighted by molar-refractivity contribution is 6.02. The summed E-state index contributed by atoms with van der Waals surface area (Å²) in [4.78, 5) is 27.3. The van der Waals surface area contributed by atoms with Crippen LogP contribution in [-0.2, 0) is 11.8 Å². The van der Waals surface area contributed by atoms with Crippen molar-refractivity contribution < 1.29 is 14.0 Å². The van der Waals surface area contributed by atoms with Crippen molar-refractivity contribution in [3.63, 3.8) is 0 Å². The molecule has 1 aromatic heterocycles. The van der Waals surface area contributed by atoms with Crippen LogP contribution >= 0.6 is 0 Å². The fraction of sp³-hybridized carbons (Fsp3) is 0.0556. The fourth-order valence-corrected chi connectivity index (χ4v) is 2.37. The largest absolute Gasteiger partial charge is 0.366 e. The van der Waals surface area contributed by atoms with Gasteiger partial charge in [0, 0.05) is 24.8 Å². The van der Waals surface area contributed by atoms with E-state index in [9.17, 15) is 14.0 Å². The van der Waals surface area contributed by atoms with Crippen molar-refractivity contribution in [1.29, 1.82) is 0 Å². The van der Waals surface area contributed by atoms with Gasteiger partial charge >= 0.3 is 0 Å². The molecule has 0 atom stereocenters. The molecular formula is C18H15FN4O2. The molecule has 0 aliphatic rings. The molecule has 1 heterocycles. The van der Waals surface area contributed by atoms with Gasteiger partial charge in [-0.15, -0.1) is 0 Å². The maximum absolute atomic E-state index is 13.3. The van der Waals surface area contributed by atoms with Gasteiger partial charge in [0.2, 0.25) is 11.9 Å². The number of nitrogens with one attached hydrogen (secondary N) is 1. The summed E-state index contributed by atoms with van der Waals surface area (Å²) in [5.74, 6) is -0.952. The lowest BCUT2D eigenvalue weighted by Crippen LogP contribution is -2.12. The first-order valence-electron chi connectivity index (χ1n) is 7.45. The molecule has 0 fully saturated rings. The average Bonchev–Trinajstić information content (AvgIpc) is 2.88. The normalized spacial score (nSPS) is 11.1. The molecule has 2 amide bonds. The number of benzene rings is 2. The van der Waals surface area contributed by atoms with Crippen molar-refractivity contribution in [2.75, 3.05) is 5.32 Å². The molecule has 126 valence electrons. The van der Waals surface area contributed by atoms with Gasteiger partial charge in [0.1, 0.15) is 5.82 Å². The lowest BCUT2D eigenvalue weighted by atomic mass is 10.1. The molecule has 3 N–H and O–H groups in total. The lowest BCUT2D eigenvalue weighted by Gasteiger charge is -2.02. The van der Waals surface area contributed by atoms with Crippen molar-refractivity contribution in [3.8, 4) is 0 Å². The van der Waals surface area contributed by atoms with Gasteiger partial charge in [0.05, 0.1) is 11.0 Å². The van der Waals surface area contributed by atoms with Crippen LogP contribution in [0.3, 0.4) is 0 Å². The number of hydrogen-bond donors (Lipinski definition) is 2. The Morgan fingerprint density at radius 1 is 1.20 bits per heavy atom. The molecule has 0 bridgehead atoms. The summed E-state index contributed by atoms with van der Waals surface area (Å²) in [6.45, 7) is 0. The molecule has 0 unspecified atom stereocenters. The van der Waals surface area contributed by atoms with Crippen molar-refractivity contribution in [2.24, 2.45) is 12.8 Å². The predicted molar refractivity (Wildman–Crippen MR) is 93.3 cm³/mol. The van der Waals surface area contributed by atoms with Crippen LogP contribution in [0.4, 0.5) is 10.3 Å². The third-order valence-electron chi connectivity index (χ3n) is 3.70. The van der Waals surface area contributed by atoms with Crippen molar-refractivity contribution in [2.45, 2.75) is 0 Å². The molecule has 0 saturated carbocycles. The zero-order valence-electron chi connectivity index (χ0n) is 13.4. The highest BCUT2D eigenvalue weighted by Gasteiger charge is 2.10. The number of primary amides is 1. The zero-order chi connectivity index (χ0) is 18.0. The number of imidazole rings is 1. The van der Waals surface area contributed by atoms with Crippen LogP contribution in [0, 0.1) is 5.82 Å². The second-order valence-corrected chi connectivity index (χ2v) is 5.44. The third-order valence-corrected chi connectivity index (χ3v) is 3.70. The number of rotatable bonds is 4. The van der Waals surface area contributed by atoms with E-state index >= 15 is 0 Å². The first-order valence-corrected chi connectivity index (χ1v) is 7.45. The average molecular weight is 338 g/mol. The molecule has 3 rings (SSSR count). The van der Waals surface area contributed by atoms with E-state index in [2.05, 4.69) is 10.3 Å². The minimum Gasteiger partial charge on any atom is -0.366 e. The van der Waals surface area contributed by atoms with Gasteiger partial charge in [-0.2, -0.15) is 0 Å². The van der Waals surface area contributed by atoms with E-state index in [0.29, 0.717) is 22.5 Å². The number of hydrogen-bond acceptors (Lipinski definition) is 3. The fourth-order valence-electron chi connectivity index (χ4n) is 2.37.